The number of benzene rings is 2. The maximum atomic E-state index is 12.6. The van der Waals surface area contributed by atoms with E-state index in [1.165, 1.54) is 16.7 Å². The van der Waals surface area contributed by atoms with Crippen molar-refractivity contribution in [1.82, 2.24) is 15.1 Å². The molecule has 0 aliphatic carbocycles. The molecule has 2 aromatic carbocycles. The van der Waals surface area contributed by atoms with Crippen LogP contribution in [0.2, 0.25) is 0 Å². The Hall–Kier alpha value is -3.21. The highest BCUT2D eigenvalue weighted by molar-refractivity contribution is 5.79. The molecule has 5 nitrogen and oxygen atoms in total. The Morgan fingerprint density at radius 2 is 1.40 bits per heavy atom. The molecule has 0 atom stereocenters. The number of carbonyl (C=O) groups excluding carboxylic acids is 1. The third kappa shape index (κ3) is 4.51. The number of hydrogen-bond donors (Lipinski definition) is 0. The third-order valence-electron chi connectivity index (χ3n) is 5.94. The van der Waals surface area contributed by atoms with Crippen LogP contribution in [0.4, 0.5) is 5.82 Å². The lowest BCUT2D eigenvalue weighted by Gasteiger charge is -2.36. The standard InChI is InChI=1S/C25H28N4O/c1-19-20(2)25(27-26-23(19)17-21-9-5-3-6-10-21)29-15-13-28(14-16-29)24(30)18-22-11-7-4-8-12-22/h3-12H,13-18H2,1-2H3. The van der Waals surface area contributed by atoms with Crippen LogP contribution in [0, 0.1) is 13.8 Å². The molecule has 0 radical (unpaired) electrons. The minimum atomic E-state index is 0.193. The summed E-state index contributed by atoms with van der Waals surface area (Å²) in [5, 5.41) is 9.12. The summed E-state index contributed by atoms with van der Waals surface area (Å²) in [6, 6.07) is 20.3. The minimum absolute atomic E-state index is 0.193. The Morgan fingerprint density at radius 1 is 0.800 bits per heavy atom. The summed E-state index contributed by atoms with van der Waals surface area (Å²) in [5.74, 6) is 1.14. The van der Waals surface area contributed by atoms with Crippen LogP contribution in [-0.2, 0) is 17.6 Å². The fraction of sp³-hybridized carbons (Fsp3) is 0.320. The van der Waals surface area contributed by atoms with E-state index in [0.717, 1.165) is 49.7 Å². The van der Waals surface area contributed by atoms with Gasteiger partial charge in [0.05, 0.1) is 12.1 Å². The highest BCUT2D eigenvalue weighted by atomic mass is 16.2. The number of rotatable bonds is 5. The molecular weight excluding hydrogens is 372 g/mol. The van der Waals surface area contributed by atoms with Crippen molar-refractivity contribution in [3.8, 4) is 0 Å². The molecule has 0 bridgehead atoms. The van der Waals surface area contributed by atoms with E-state index in [1.54, 1.807) is 0 Å². The summed E-state index contributed by atoms with van der Waals surface area (Å²) in [5.41, 5.74) is 5.72. The van der Waals surface area contributed by atoms with Crippen LogP contribution in [0.1, 0.15) is 27.9 Å². The first-order valence-corrected chi connectivity index (χ1v) is 10.5. The summed E-state index contributed by atoms with van der Waals surface area (Å²) < 4.78 is 0. The van der Waals surface area contributed by atoms with Crippen molar-refractivity contribution in [2.75, 3.05) is 31.1 Å². The van der Waals surface area contributed by atoms with Gasteiger partial charge in [0.15, 0.2) is 5.82 Å². The number of aromatic nitrogens is 2. The molecule has 1 aromatic heterocycles. The molecule has 3 aromatic rings. The van der Waals surface area contributed by atoms with E-state index in [1.807, 2.05) is 41.3 Å². The van der Waals surface area contributed by atoms with Gasteiger partial charge in [0.25, 0.3) is 0 Å². The number of piperazine rings is 1. The Bertz CT molecular complexity index is 996. The van der Waals surface area contributed by atoms with Crippen molar-refractivity contribution in [2.24, 2.45) is 0 Å². The summed E-state index contributed by atoms with van der Waals surface area (Å²) >= 11 is 0. The lowest BCUT2D eigenvalue weighted by atomic mass is 10.0. The van der Waals surface area contributed by atoms with Crippen LogP contribution >= 0.6 is 0 Å². The Morgan fingerprint density at radius 3 is 2.03 bits per heavy atom. The zero-order valence-electron chi connectivity index (χ0n) is 17.7. The van der Waals surface area contributed by atoms with E-state index in [2.05, 4.69) is 53.2 Å². The molecule has 5 heteroatoms. The predicted molar refractivity (Wildman–Crippen MR) is 120 cm³/mol. The molecule has 1 saturated heterocycles. The first-order chi connectivity index (χ1) is 14.6. The van der Waals surface area contributed by atoms with Crippen LogP contribution in [0.3, 0.4) is 0 Å². The second kappa shape index (κ2) is 9.08. The molecule has 0 unspecified atom stereocenters. The first-order valence-electron chi connectivity index (χ1n) is 10.5. The van der Waals surface area contributed by atoms with Gasteiger partial charge in [0.2, 0.25) is 5.91 Å². The van der Waals surface area contributed by atoms with Crippen LogP contribution in [0.25, 0.3) is 0 Å². The number of amides is 1. The van der Waals surface area contributed by atoms with Gasteiger partial charge in [0.1, 0.15) is 0 Å². The normalized spacial score (nSPS) is 14.1. The van der Waals surface area contributed by atoms with Crippen molar-refractivity contribution in [2.45, 2.75) is 26.7 Å². The maximum absolute atomic E-state index is 12.6. The van der Waals surface area contributed by atoms with Gasteiger partial charge in [0, 0.05) is 32.6 Å². The Balaban J connectivity index is 1.39. The van der Waals surface area contributed by atoms with Crippen LogP contribution in [0.5, 0.6) is 0 Å². The molecule has 0 saturated carbocycles. The molecule has 2 heterocycles. The van der Waals surface area contributed by atoms with Gasteiger partial charge >= 0.3 is 0 Å². The molecule has 1 aliphatic rings. The minimum Gasteiger partial charge on any atom is -0.351 e. The number of nitrogens with zero attached hydrogens (tertiary/aromatic N) is 4. The summed E-state index contributed by atoms with van der Waals surface area (Å²) in [7, 11) is 0. The molecule has 1 amide bonds. The Labute approximate surface area is 178 Å². The monoisotopic (exact) mass is 400 g/mol. The lowest BCUT2D eigenvalue weighted by molar-refractivity contribution is -0.130. The van der Waals surface area contributed by atoms with Crippen molar-refractivity contribution >= 4 is 11.7 Å². The van der Waals surface area contributed by atoms with E-state index in [0.29, 0.717) is 6.42 Å². The molecule has 0 spiro atoms. The largest absolute Gasteiger partial charge is 0.351 e. The topological polar surface area (TPSA) is 49.3 Å². The SMILES string of the molecule is Cc1c(Cc2ccccc2)nnc(N2CCN(C(=O)Cc3ccccc3)CC2)c1C. The summed E-state index contributed by atoms with van der Waals surface area (Å²) in [6.45, 7) is 7.27. The van der Waals surface area contributed by atoms with Crippen LogP contribution in [-0.4, -0.2) is 47.2 Å². The fourth-order valence-electron chi connectivity index (χ4n) is 3.95. The zero-order valence-corrected chi connectivity index (χ0v) is 17.7. The van der Waals surface area contributed by atoms with Gasteiger partial charge in [-0.2, -0.15) is 5.10 Å². The average Bonchev–Trinajstić information content (AvgIpc) is 2.79. The summed E-state index contributed by atoms with van der Waals surface area (Å²) in [6.07, 6.45) is 1.26. The van der Waals surface area contributed by atoms with Gasteiger partial charge in [-0.15, -0.1) is 5.10 Å². The third-order valence-corrected chi connectivity index (χ3v) is 5.94. The lowest BCUT2D eigenvalue weighted by Crippen LogP contribution is -2.49. The van der Waals surface area contributed by atoms with Gasteiger partial charge < -0.3 is 9.80 Å². The highest BCUT2D eigenvalue weighted by Crippen LogP contribution is 2.24. The van der Waals surface area contributed by atoms with Gasteiger partial charge in [-0.05, 0) is 36.1 Å². The van der Waals surface area contributed by atoms with Crippen LogP contribution in [0.15, 0.2) is 60.7 Å². The van der Waals surface area contributed by atoms with Crippen molar-refractivity contribution in [3.05, 3.63) is 88.6 Å². The average molecular weight is 401 g/mol. The van der Waals surface area contributed by atoms with Crippen molar-refractivity contribution in [3.63, 3.8) is 0 Å². The van der Waals surface area contributed by atoms with Gasteiger partial charge in [-0.1, -0.05) is 60.7 Å². The highest BCUT2D eigenvalue weighted by Gasteiger charge is 2.24. The first kappa shape index (κ1) is 20.1. The van der Waals surface area contributed by atoms with Gasteiger partial charge in [-0.25, -0.2) is 0 Å². The predicted octanol–water partition coefficient (Wildman–Crippen LogP) is 3.58. The van der Waals surface area contributed by atoms with E-state index in [9.17, 15) is 4.79 Å². The molecule has 154 valence electrons. The van der Waals surface area contributed by atoms with Crippen LogP contribution < -0.4 is 4.90 Å². The van der Waals surface area contributed by atoms with Gasteiger partial charge in [-0.3, -0.25) is 4.79 Å². The number of carbonyl (C=O) groups is 1. The molecule has 30 heavy (non-hydrogen) atoms. The zero-order chi connectivity index (χ0) is 20.9. The second-order valence-corrected chi connectivity index (χ2v) is 7.91. The van der Waals surface area contributed by atoms with E-state index >= 15 is 0 Å². The van der Waals surface area contributed by atoms with E-state index in [4.69, 9.17) is 0 Å². The van der Waals surface area contributed by atoms with E-state index in [-0.39, 0.29) is 5.91 Å². The molecule has 4 rings (SSSR count). The number of hydrogen-bond acceptors (Lipinski definition) is 4. The van der Waals surface area contributed by atoms with E-state index < -0.39 is 0 Å². The van der Waals surface area contributed by atoms with Crippen molar-refractivity contribution < 1.29 is 4.79 Å². The second-order valence-electron chi connectivity index (χ2n) is 7.91. The molecular formula is C25H28N4O. The van der Waals surface area contributed by atoms with Crippen molar-refractivity contribution in [1.29, 1.82) is 0 Å². The Kier molecular flexibility index (Phi) is 6.07. The number of anilines is 1. The maximum Gasteiger partial charge on any atom is 0.227 e. The quantitative estimate of drug-likeness (QED) is 0.657. The molecule has 1 aliphatic heterocycles. The molecule has 0 N–H and O–H groups in total. The fourth-order valence-corrected chi connectivity index (χ4v) is 3.95. The summed E-state index contributed by atoms with van der Waals surface area (Å²) in [4.78, 5) is 16.8. The smallest absolute Gasteiger partial charge is 0.227 e. The molecule has 1 fully saturated rings.